The van der Waals surface area contributed by atoms with Gasteiger partial charge >= 0.3 is 6.03 Å². The van der Waals surface area contributed by atoms with Crippen LogP contribution in [0.3, 0.4) is 0 Å². The Morgan fingerprint density at radius 1 is 1.44 bits per heavy atom. The lowest BCUT2D eigenvalue weighted by Gasteiger charge is -2.09. The second-order valence-electron chi connectivity index (χ2n) is 5.10. The molecule has 0 fully saturated rings. The van der Waals surface area contributed by atoms with Gasteiger partial charge in [0.25, 0.3) is 0 Å². The van der Waals surface area contributed by atoms with E-state index in [2.05, 4.69) is 16.8 Å². The molecule has 0 bridgehead atoms. The van der Waals surface area contributed by atoms with Gasteiger partial charge in [-0.3, -0.25) is 14.7 Å². The molecule has 2 rings (SSSR count). The van der Waals surface area contributed by atoms with Gasteiger partial charge < -0.3 is 10.5 Å². The first-order chi connectivity index (χ1) is 12.0. The number of carbonyl (C=O) groups is 2. The first-order valence-electron chi connectivity index (χ1n) is 7.44. The number of allylic oxidation sites excluding steroid dienone is 1. The number of nitrogens with one attached hydrogen (secondary N) is 1. The van der Waals surface area contributed by atoms with Crippen LogP contribution in [0.4, 0.5) is 4.79 Å². The maximum Gasteiger partial charge on any atom is 0.318 e. The van der Waals surface area contributed by atoms with Crippen LogP contribution in [0.1, 0.15) is 11.4 Å². The zero-order chi connectivity index (χ0) is 18.2. The van der Waals surface area contributed by atoms with Gasteiger partial charge in [0.1, 0.15) is 12.4 Å². The summed E-state index contributed by atoms with van der Waals surface area (Å²) >= 11 is 1.15. The number of aromatic nitrogens is 3. The highest BCUT2D eigenvalue weighted by atomic mass is 32.2. The average Bonchev–Trinajstić information content (AvgIpc) is 2.93. The number of rotatable bonds is 8. The van der Waals surface area contributed by atoms with Crippen LogP contribution in [-0.2, 0) is 17.9 Å². The molecule has 0 saturated heterocycles. The molecular weight excluding hydrogens is 342 g/mol. The lowest BCUT2D eigenvalue weighted by Crippen LogP contribution is -2.36. The van der Waals surface area contributed by atoms with Crippen molar-refractivity contribution in [2.45, 2.75) is 25.2 Å². The number of aryl methyl sites for hydroxylation is 1. The molecular formula is C16H19N5O3S. The molecule has 0 radical (unpaired) electrons. The average molecular weight is 361 g/mol. The fourth-order valence-electron chi connectivity index (χ4n) is 2.00. The second-order valence-corrected chi connectivity index (χ2v) is 6.05. The minimum absolute atomic E-state index is 0.00302. The minimum atomic E-state index is -0.884. The van der Waals surface area contributed by atoms with Gasteiger partial charge in [0.2, 0.25) is 5.91 Å². The standard InChI is InChI=1S/C16H19N5O3S/c1-3-7-21-13(9-24-12-6-4-5-11(2)8-12)19-20-16(21)25-10-14(22)18-15(17)23/h3-6,8H,1,7,9-10H2,2H3,(H3,17,18,22,23). The maximum atomic E-state index is 11.5. The molecule has 2 aromatic rings. The third-order valence-electron chi connectivity index (χ3n) is 3.06. The van der Waals surface area contributed by atoms with Gasteiger partial charge in [-0.25, -0.2) is 4.79 Å². The number of imide groups is 1. The number of ether oxygens (including phenoxy) is 1. The summed E-state index contributed by atoms with van der Waals surface area (Å²) in [6.45, 7) is 6.41. The SMILES string of the molecule is C=CCn1c(COc2cccc(C)c2)nnc1SCC(=O)NC(N)=O. The fraction of sp³-hybridized carbons (Fsp3) is 0.250. The van der Waals surface area contributed by atoms with E-state index in [9.17, 15) is 9.59 Å². The quantitative estimate of drug-likeness (QED) is 0.546. The summed E-state index contributed by atoms with van der Waals surface area (Å²) in [5, 5.41) is 10.7. The number of carbonyl (C=O) groups excluding carboxylic acids is 2. The number of urea groups is 1. The summed E-state index contributed by atoms with van der Waals surface area (Å²) in [6.07, 6.45) is 1.70. The monoisotopic (exact) mass is 361 g/mol. The van der Waals surface area contributed by atoms with Crippen LogP contribution in [0.15, 0.2) is 42.1 Å². The van der Waals surface area contributed by atoms with E-state index in [4.69, 9.17) is 10.5 Å². The topological polar surface area (TPSA) is 112 Å². The molecule has 25 heavy (non-hydrogen) atoms. The molecule has 1 aromatic carbocycles. The predicted molar refractivity (Wildman–Crippen MR) is 94.2 cm³/mol. The van der Waals surface area contributed by atoms with E-state index in [0.717, 1.165) is 23.1 Å². The lowest BCUT2D eigenvalue weighted by atomic mass is 10.2. The normalized spacial score (nSPS) is 10.3. The van der Waals surface area contributed by atoms with E-state index in [1.807, 2.05) is 36.5 Å². The van der Waals surface area contributed by atoms with Crippen molar-refractivity contribution in [1.82, 2.24) is 20.1 Å². The number of nitrogens with two attached hydrogens (primary N) is 1. The van der Waals surface area contributed by atoms with Crippen LogP contribution in [0.2, 0.25) is 0 Å². The summed E-state index contributed by atoms with van der Waals surface area (Å²) in [5.41, 5.74) is 6.01. The first-order valence-corrected chi connectivity index (χ1v) is 8.42. The summed E-state index contributed by atoms with van der Waals surface area (Å²) in [5.74, 6) is 0.849. The number of primary amides is 1. The fourth-order valence-corrected chi connectivity index (χ4v) is 2.77. The minimum Gasteiger partial charge on any atom is -0.486 e. The van der Waals surface area contributed by atoms with E-state index in [0.29, 0.717) is 17.5 Å². The van der Waals surface area contributed by atoms with E-state index in [1.54, 1.807) is 10.6 Å². The van der Waals surface area contributed by atoms with Crippen LogP contribution in [0, 0.1) is 6.92 Å². The van der Waals surface area contributed by atoms with E-state index >= 15 is 0 Å². The summed E-state index contributed by atoms with van der Waals surface area (Å²) < 4.78 is 7.54. The van der Waals surface area contributed by atoms with Crippen LogP contribution < -0.4 is 15.8 Å². The highest BCUT2D eigenvalue weighted by molar-refractivity contribution is 7.99. The molecule has 0 saturated carbocycles. The molecule has 0 spiro atoms. The van der Waals surface area contributed by atoms with Crippen LogP contribution in [-0.4, -0.2) is 32.5 Å². The zero-order valence-electron chi connectivity index (χ0n) is 13.8. The third-order valence-corrected chi connectivity index (χ3v) is 4.02. The Kier molecular flexibility index (Phi) is 6.58. The summed E-state index contributed by atoms with van der Waals surface area (Å²) in [6, 6.07) is 6.81. The number of hydrogen-bond acceptors (Lipinski definition) is 6. The van der Waals surface area contributed by atoms with Crippen LogP contribution in [0.5, 0.6) is 5.75 Å². The maximum absolute atomic E-state index is 11.5. The van der Waals surface area contributed by atoms with E-state index in [-0.39, 0.29) is 12.4 Å². The Bertz CT molecular complexity index is 775. The summed E-state index contributed by atoms with van der Waals surface area (Å²) in [4.78, 5) is 22.2. The molecule has 1 aromatic heterocycles. The van der Waals surface area contributed by atoms with Gasteiger partial charge in [0.15, 0.2) is 11.0 Å². The largest absolute Gasteiger partial charge is 0.486 e. The van der Waals surface area contributed by atoms with Crippen molar-refractivity contribution >= 4 is 23.7 Å². The molecule has 0 aliphatic heterocycles. The number of amides is 3. The molecule has 3 N–H and O–H groups in total. The van der Waals surface area contributed by atoms with Gasteiger partial charge in [0, 0.05) is 6.54 Å². The first kappa shape index (κ1) is 18.5. The highest BCUT2D eigenvalue weighted by Gasteiger charge is 2.14. The third kappa shape index (κ3) is 5.64. The highest BCUT2D eigenvalue weighted by Crippen LogP contribution is 2.19. The zero-order valence-corrected chi connectivity index (χ0v) is 14.6. The Morgan fingerprint density at radius 3 is 2.92 bits per heavy atom. The van der Waals surface area contributed by atoms with Crippen molar-refractivity contribution in [3.8, 4) is 5.75 Å². The number of benzene rings is 1. The number of hydrogen-bond donors (Lipinski definition) is 2. The van der Waals surface area contributed by atoms with Gasteiger partial charge in [-0.2, -0.15) is 0 Å². The molecule has 9 heteroatoms. The smallest absolute Gasteiger partial charge is 0.318 e. The Morgan fingerprint density at radius 2 is 2.24 bits per heavy atom. The Hall–Kier alpha value is -2.81. The molecule has 0 unspecified atom stereocenters. The molecule has 132 valence electrons. The Balaban J connectivity index is 2.03. The molecule has 0 aliphatic carbocycles. The van der Waals surface area contributed by atoms with Crippen molar-refractivity contribution in [2.75, 3.05) is 5.75 Å². The van der Waals surface area contributed by atoms with Crippen molar-refractivity contribution in [2.24, 2.45) is 5.73 Å². The van der Waals surface area contributed by atoms with Gasteiger partial charge in [-0.05, 0) is 24.6 Å². The predicted octanol–water partition coefficient (Wildman–Crippen LogP) is 1.64. The van der Waals surface area contributed by atoms with E-state index < -0.39 is 11.9 Å². The Labute approximate surface area is 149 Å². The second kappa shape index (κ2) is 8.88. The number of nitrogens with zero attached hydrogens (tertiary/aromatic N) is 3. The molecule has 0 aliphatic rings. The van der Waals surface area contributed by atoms with Crippen molar-refractivity contribution in [3.63, 3.8) is 0 Å². The van der Waals surface area contributed by atoms with Crippen molar-refractivity contribution in [1.29, 1.82) is 0 Å². The van der Waals surface area contributed by atoms with Crippen molar-refractivity contribution < 1.29 is 14.3 Å². The molecule has 8 nitrogen and oxygen atoms in total. The van der Waals surface area contributed by atoms with Gasteiger partial charge in [-0.15, -0.1) is 16.8 Å². The van der Waals surface area contributed by atoms with E-state index in [1.165, 1.54) is 0 Å². The van der Waals surface area contributed by atoms with Crippen LogP contribution in [0.25, 0.3) is 0 Å². The van der Waals surface area contributed by atoms with Gasteiger partial charge in [0.05, 0.1) is 5.75 Å². The molecule has 3 amide bonds. The summed E-state index contributed by atoms with van der Waals surface area (Å²) in [7, 11) is 0. The van der Waals surface area contributed by atoms with Crippen molar-refractivity contribution in [3.05, 3.63) is 48.3 Å². The van der Waals surface area contributed by atoms with Gasteiger partial charge in [-0.1, -0.05) is 30.0 Å². The molecule has 1 heterocycles. The van der Waals surface area contributed by atoms with Crippen LogP contribution >= 0.6 is 11.8 Å². The lowest BCUT2D eigenvalue weighted by molar-refractivity contribution is -0.117. The number of thioether (sulfide) groups is 1. The molecule has 0 atom stereocenters.